The van der Waals surface area contributed by atoms with Gasteiger partial charge in [0, 0.05) is 12.1 Å². The van der Waals surface area contributed by atoms with Gasteiger partial charge in [-0.3, -0.25) is 14.2 Å². The van der Waals surface area contributed by atoms with Crippen LogP contribution in [0, 0.1) is 0 Å². The Bertz CT molecular complexity index is 1910. The summed E-state index contributed by atoms with van der Waals surface area (Å²) < 4.78 is 17.9. The van der Waals surface area contributed by atoms with Crippen LogP contribution in [0.15, 0.2) is 113 Å². The lowest BCUT2D eigenvalue weighted by atomic mass is 9.98. The van der Waals surface area contributed by atoms with Crippen molar-refractivity contribution in [2.24, 2.45) is 5.10 Å². The van der Waals surface area contributed by atoms with Crippen molar-refractivity contribution < 1.29 is 23.8 Å². The maximum absolute atomic E-state index is 13.9. The van der Waals surface area contributed by atoms with Crippen molar-refractivity contribution in [3.05, 3.63) is 126 Å². The lowest BCUT2D eigenvalue weighted by Gasteiger charge is -2.22. The fraction of sp³-hybridized carbons (Fsp3) is 0.194. The zero-order chi connectivity index (χ0) is 33.5. The number of hydrogen-bond donors (Lipinski definition) is 1. The van der Waals surface area contributed by atoms with Gasteiger partial charge in [-0.1, -0.05) is 54.2 Å². The van der Waals surface area contributed by atoms with Crippen molar-refractivity contribution in [3.63, 3.8) is 0 Å². The number of thioether (sulfide) groups is 1. The summed E-state index contributed by atoms with van der Waals surface area (Å²) in [4.78, 5) is 26.9. The molecular weight excluding hydrogens is 629 g/mol. The zero-order valence-corrected chi connectivity index (χ0v) is 27.5. The number of hydrazone groups is 1. The third-order valence-corrected chi connectivity index (χ3v) is 8.80. The Kier molecular flexibility index (Phi) is 10.0. The topological polar surface area (TPSA) is 120 Å². The van der Waals surface area contributed by atoms with Crippen molar-refractivity contribution in [1.29, 1.82) is 0 Å². The van der Waals surface area contributed by atoms with Crippen molar-refractivity contribution >= 4 is 29.3 Å². The van der Waals surface area contributed by atoms with Crippen molar-refractivity contribution in [2.45, 2.75) is 24.2 Å². The summed E-state index contributed by atoms with van der Waals surface area (Å²) in [5, 5.41) is 18.6. The number of aromatic nitrogens is 3. The minimum absolute atomic E-state index is 0.0601. The molecule has 5 aromatic rings. The second-order valence-corrected chi connectivity index (χ2v) is 11.7. The number of hydrogen-bond acceptors (Lipinski definition) is 9. The van der Waals surface area contributed by atoms with Crippen molar-refractivity contribution in [1.82, 2.24) is 25.1 Å². The second-order valence-electron chi connectivity index (χ2n) is 10.7. The van der Waals surface area contributed by atoms with Gasteiger partial charge < -0.3 is 19.5 Å². The van der Waals surface area contributed by atoms with Crippen LogP contribution in [-0.2, 0) is 11.3 Å². The molecule has 1 aromatic heterocycles. The monoisotopic (exact) mass is 662 g/mol. The molecule has 2 heterocycles. The molecule has 244 valence electrons. The van der Waals surface area contributed by atoms with Gasteiger partial charge in [0.15, 0.2) is 11.0 Å². The van der Waals surface area contributed by atoms with Crippen LogP contribution in [0.2, 0.25) is 0 Å². The number of carbonyl (C=O) groups is 2. The van der Waals surface area contributed by atoms with E-state index in [1.54, 1.807) is 43.5 Å². The number of ether oxygens (including phenoxy) is 3. The Morgan fingerprint density at radius 3 is 2.17 bits per heavy atom. The molecule has 6 rings (SSSR count). The molecule has 0 unspecified atom stereocenters. The fourth-order valence-electron chi connectivity index (χ4n) is 5.41. The minimum Gasteiger partial charge on any atom is -0.497 e. The molecule has 12 heteroatoms. The number of methoxy groups -OCH3 is 3. The average Bonchev–Trinajstić information content (AvgIpc) is 3.78. The summed E-state index contributed by atoms with van der Waals surface area (Å²) in [6, 6.07) is 31.6. The quantitative estimate of drug-likeness (QED) is 0.169. The van der Waals surface area contributed by atoms with Gasteiger partial charge in [0.1, 0.15) is 17.2 Å². The molecule has 1 atom stereocenters. The predicted molar refractivity (Wildman–Crippen MR) is 183 cm³/mol. The maximum Gasteiger partial charge on any atom is 0.255 e. The molecular formula is C36H34N6O5S. The summed E-state index contributed by atoms with van der Waals surface area (Å²) in [7, 11) is 4.77. The molecule has 0 saturated heterocycles. The molecule has 1 aliphatic rings. The number of nitrogens with zero attached hydrogens (tertiary/aromatic N) is 5. The summed E-state index contributed by atoms with van der Waals surface area (Å²) >= 11 is 1.26. The van der Waals surface area contributed by atoms with Gasteiger partial charge in [0.2, 0.25) is 0 Å². The summed E-state index contributed by atoms with van der Waals surface area (Å²) in [6.07, 6.45) is 0.547. The van der Waals surface area contributed by atoms with Crippen molar-refractivity contribution in [2.75, 3.05) is 27.1 Å². The molecule has 0 spiro atoms. The van der Waals surface area contributed by atoms with Gasteiger partial charge in [-0.05, 0) is 71.8 Å². The molecule has 0 radical (unpaired) electrons. The van der Waals surface area contributed by atoms with E-state index in [-0.39, 0.29) is 30.2 Å². The highest BCUT2D eigenvalue weighted by Crippen LogP contribution is 2.35. The van der Waals surface area contributed by atoms with E-state index in [0.717, 1.165) is 34.0 Å². The highest BCUT2D eigenvalue weighted by molar-refractivity contribution is 7.99. The van der Waals surface area contributed by atoms with Crippen LogP contribution in [0.25, 0.3) is 5.69 Å². The first-order valence-corrected chi connectivity index (χ1v) is 16.2. The predicted octanol–water partition coefficient (Wildman–Crippen LogP) is 5.69. The van der Waals surface area contributed by atoms with Crippen LogP contribution in [-0.4, -0.2) is 64.4 Å². The SMILES string of the molecule is COc1ccc(C2=NN(C(=O)CSc3nnc(CNC(=O)c4ccccc4OC)n3-c3ccccc3)[C@@H](c3ccc(OC)cc3)C2)cc1. The zero-order valence-electron chi connectivity index (χ0n) is 26.7. The van der Waals surface area contributed by atoms with E-state index in [0.29, 0.717) is 28.7 Å². The lowest BCUT2D eigenvalue weighted by molar-refractivity contribution is -0.130. The second kappa shape index (κ2) is 14.9. The molecule has 0 bridgehead atoms. The molecule has 0 aliphatic carbocycles. The lowest BCUT2D eigenvalue weighted by Crippen LogP contribution is -2.28. The van der Waals surface area contributed by atoms with Crippen LogP contribution < -0.4 is 19.5 Å². The molecule has 2 amide bonds. The number of para-hydroxylation sites is 2. The Morgan fingerprint density at radius 2 is 1.48 bits per heavy atom. The molecule has 0 saturated carbocycles. The number of amides is 2. The highest BCUT2D eigenvalue weighted by Gasteiger charge is 2.33. The molecule has 1 N–H and O–H groups in total. The minimum atomic E-state index is -0.302. The average molecular weight is 663 g/mol. The first-order chi connectivity index (χ1) is 23.5. The summed E-state index contributed by atoms with van der Waals surface area (Å²) in [6.45, 7) is 0.106. The number of benzene rings is 4. The summed E-state index contributed by atoms with van der Waals surface area (Å²) in [5.74, 6) is 2.04. The van der Waals surface area contributed by atoms with Gasteiger partial charge in [-0.15, -0.1) is 10.2 Å². The van der Waals surface area contributed by atoms with E-state index in [1.807, 2.05) is 83.4 Å². The normalized spacial score (nSPS) is 13.9. The van der Waals surface area contributed by atoms with E-state index in [9.17, 15) is 9.59 Å². The van der Waals surface area contributed by atoms with Crippen LogP contribution in [0.3, 0.4) is 0 Å². The van der Waals surface area contributed by atoms with Crippen LogP contribution in [0.4, 0.5) is 0 Å². The molecule has 1 aliphatic heterocycles. The Labute approximate surface area is 282 Å². The summed E-state index contributed by atoms with van der Waals surface area (Å²) in [5.41, 5.74) is 3.88. The largest absolute Gasteiger partial charge is 0.497 e. The molecule has 4 aromatic carbocycles. The van der Waals surface area contributed by atoms with E-state index in [2.05, 4.69) is 15.5 Å². The first kappa shape index (κ1) is 32.3. The third-order valence-electron chi connectivity index (χ3n) is 7.89. The fourth-order valence-corrected chi connectivity index (χ4v) is 6.23. The Hall–Kier alpha value is -5.62. The van der Waals surface area contributed by atoms with Crippen LogP contribution in [0.1, 0.15) is 39.8 Å². The number of nitrogens with one attached hydrogen (secondary N) is 1. The number of carbonyl (C=O) groups excluding carboxylic acids is 2. The van der Waals surface area contributed by atoms with E-state index >= 15 is 0 Å². The van der Waals surface area contributed by atoms with E-state index in [1.165, 1.54) is 18.9 Å². The number of rotatable bonds is 12. The Balaban J connectivity index is 1.23. The Morgan fingerprint density at radius 1 is 0.812 bits per heavy atom. The van der Waals surface area contributed by atoms with E-state index in [4.69, 9.17) is 19.3 Å². The standard InChI is InChI=1S/C36H34N6O5S/c1-45-27-17-13-24(14-18-27)30-21-31(25-15-19-28(46-2)20-16-25)42(40-30)34(43)23-48-36-39-38-33(41(36)26-9-5-4-6-10-26)22-37-35(44)29-11-7-8-12-32(29)47-3/h4-20,31H,21-23H2,1-3H3,(H,37,44)/t31-/m1/s1. The molecule has 11 nitrogen and oxygen atoms in total. The van der Waals surface area contributed by atoms with Gasteiger partial charge in [0.05, 0.1) is 50.9 Å². The van der Waals surface area contributed by atoms with Crippen molar-refractivity contribution in [3.8, 4) is 22.9 Å². The van der Waals surface area contributed by atoms with Gasteiger partial charge in [-0.25, -0.2) is 5.01 Å². The van der Waals surface area contributed by atoms with Gasteiger partial charge in [-0.2, -0.15) is 5.10 Å². The third kappa shape index (κ3) is 7.03. The van der Waals surface area contributed by atoms with Crippen LogP contribution >= 0.6 is 11.8 Å². The smallest absolute Gasteiger partial charge is 0.255 e. The van der Waals surface area contributed by atoms with Crippen LogP contribution in [0.5, 0.6) is 17.2 Å². The van der Waals surface area contributed by atoms with E-state index < -0.39 is 0 Å². The van der Waals surface area contributed by atoms with Gasteiger partial charge >= 0.3 is 0 Å². The maximum atomic E-state index is 13.9. The highest BCUT2D eigenvalue weighted by atomic mass is 32.2. The van der Waals surface area contributed by atoms with Gasteiger partial charge in [0.25, 0.3) is 11.8 Å². The molecule has 48 heavy (non-hydrogen) atoms. The molecule has 0 fully saturated rings. The first-order valence-electron chi connectivity index (χ1n) is 15.2.